The van der Waals surface area contributed by atoms with Gasteiger partial charge in [0, 0.05) is 18.4 Å². The molecule has 98 valence electrons. The van der Waals surface area contributed by atoms with E-state index in [4.69, 9.17) is 11.6 Å². The number of nitrogens with zero attached hydrogens (tertiary/aromatic N) is 2. The Labute approximate surface area is 124 Å². The van der Waals surface area contributed by atoms with Crippen molar-refractivity contribution in [1.82, 2.24) is 9.97 Å². The second-order valence-electron chi connectivity index (χ2n) is 4.30. The monoisotopic (exact) mass is 310 g/mol. The van der Waals surface area contributed by atoms with E-state index in [1.807, 2.05) is 11.4 Å². The molecular formula is C13H11ClN2OS2. The lowest BCUT2D eigenvalue weighted by Crippen LogP contribution is -2.13. The van der Waals surface area contributed by atoms with Crippen molar-refractivity contribution in [2.45, 2.75) is 30.2 Å². The number of rotatable bonds is 3. The summed E-state index contributed by atoms with van der Waals surface area (Å²) in [5, 5.41) is 2.70. The van der Waals surface area contributed by atoms with Crippen LogP contribution >= 0.6 is 34.7 Å². The lowest BCUT2D eigenvalue weighted by atomic mass is 9.96. The zero-order valence-electron chi connectivity index (χ0n) is 10.1. The summed E-state index contributed by atoms with van der Waals surface area (Å²) in [4.78, 5) is 20.4. The molecule has 0 saturated carbocycles. The number of hydrogen-bond donors (Lipinski definition) is 0. The van der Waals surface area contributed by atoms with Gasteiger partial charge in [-0.25, -0.2) is 9.97 Å². The molecule has 3 nitrogen and oxygen atoms in total. The van der Waals surface area contributed by atoms with Gasteiger partial charge >= 0.3 is 0 Å². The molecule has 0 saturated heterocycles. The van der Waals surface area contributed by atoms with Gasteiger partial charge in [0.1, 0.15) is 0 Å². The summed E-state index contributed by atoms with van der Waals surface area (Å²) >= 11 is 9.14. The van der Waals surface area contributed by atoms with E-state index in [0.717, 1.165) is 39.3 Å². The Morgan fingerprint density at radius 2 is 2.32 bits per heavy atom. The van der Waals surface area contributed by atoms with Crippen molar-refractivity contribution in [3.05, 3.63) is 38.8 Å². The second kappa shape index (κ2) is 5.61. The zero-order chi connectivity index (χ0) is 13.2. The predicted molar refractivity (Wildman–Crippen MR) is 78.2 cm³/mol. The van der Waals surface area contributed by atoms with E-state index in [-0.39, 0.29) is 5.78 Å². The van der Waals surface area contributed by atoms with Gasteiger partial charge in [-0.05, 0) is 29.9 Å². The zero-order valence-corrected chi connectivity index (χ0v) is 12.4. The first kappa shape index (κ1) is 13.1. The van der Waals surface area contributed by atoms with Crippen molar-refractivity contribution < 1.29 is 4.79 Å². The minimum Gasteiger partial charge on any atom is -0.294 e. The average Bonchev–Trinajstić information content (AvgIpc) is 2.82. The molecule has 1 aliphatic carbocycles. The Bertz CT molecular complexity index is 627. The van der Waals surface area contributed by atoms with Gasteiger partial charge in [0.05, 0.1) is 15.6 Å². The molecule has 1 aliphatic rings. The van der Waals surface area contributed by atoms with Gasteiger partial charge in [-0.1, -0.05) is 23.4 Å². The molecule has 0 bridgehead atoms. The fourth-order valence-electron chi connectivity index (χ4n) is 2.01. The second-order valence-corrected chi connectivity index (χ2v) is 6.76. The molecule has 2 aromatic heterocycles. The number of thioether (sulfide) groups is 1. The van der Waals surface area contributed by atoms with Crippen LogP contribution in [0, 0.1) is 0 Å². The molecule has 0 fully saturated rings. The minimum absolute atomic E-state index is 0.165. The number of aromatic nitrogens is 2. The number of carbonyl (C=O) groups excluding carboxylic acids is 1. The van der Waals surface area contributed by atoms with Crippen LogP contribution in [0.3, 0.4) is 0 Å². The van der Waals surface area contributed by atoms with E-state index in [1.54, 1.807) is 18.0 Å². The molecule has 2 heterocycles. The Morgan fingerprint density at radius 1 is 1.42 bits per heavy atom. The number of thiophene rings is 1. The fraction of sp³-hybridized carbons (Fsp3) is 0.308. The molecule has 3 rings (SSSR count). The Morgan fingerprint density at radius 3 is 3.11 bits per heavy atom. The maximum absolute atomic E-state index is 11.7. The third kappa shape index (κ3) is 2.83. The quantitative estimate of drug-likeness (QED) is 0.635. The summed E-state index contributed by atoms with van der Waals surface area (Å²) in [6.07, 6.45) is 4.05. The van der Waals surface area contributed by atoms with E-state index in [0.29, 0.717) is 12.0 Å². The molecule has 0 radical (unpaired) electrons. The molecule has 0 aliphatic heterocycles. The third-order valence-corrected chi connectivity index (χ3v) is 5.17. The van der Waals surface area contributed by atoms with E-state index in [9.17, 15) is 4.79 Å². The lowest BCUT2D eigenvalue weighted by molar-refractivity contribution is 0.0970. The number of ketones is 1. The number of hydrogen-bond acceptors (Lipinski definition) is 5. The summed E-state index contributed by atoms with van der Waals surface area (Å²) in [6.45, 7) is 0. The Hall–Kier alpha value is -0.910. The van der Waals surface area contributed by atoms with Gasteiger partial charge < -0.3 is 0 Å². The SMILES string of the molecule is O=C1CCCc2nc(SCc3ccsc3Cl)ncc21. The van der Waals surface area contributed by atoms with Crippen molar-refractivity contribution in [1.29, 1.82) is 0 Å². The number of Topliss-reactive ketones (excluding diaryl/α,β-unsaturated/α-hetero) is 1. The van der Waals surface area contributed by atoms with Gasteiger partial charge in [-0.2, -0.15) is 0 Å². The molecular weight excluding hydrogens is 300 g/mol. The van der Waals surface area contributed by atoms with Crippen LogP contribution in [0.4, 0.5) is 0 Å². The van der Waals surface area contributed by atoms with Crippen molar-refractivity contribution in [3.63, 3.8) is 0 Å². The predicted octanol–water partition coefficient (Wildman–Crippen LogP) is 4.00. The first-order valence-electron chi connectivity index (χ1n) is 5.98. The first-order valence-corrected chi connectivity index (χ1v) is 8.22. The van der Waals surface area contributed by atoms with Crippen LogP contribution in [-0.4, -0.2) is 15.8 Å². The van der Waals surface area contributed by atoms with E-state index >= 15 is 0 Å². The highest BCUT2D eigenvalue weighted by atomic mass is 35.5. The highest BCUT2D eigenvalue weighted by Gasteiger charge is 2.19. The third-order valence-electron chi connectivity index (χ3n) is 3.01. The maximum Gasteiger partial charge on any atom is 0.188 e. The molecule has 0 atom stereocenters. The van der Waals surface area contributed by atoms with Crippen LogP contribution in [0.1, 0.15) is 34.5 Å². The Balaban J connectivity index is 1.76. The molecule has 19 heavy (non-hydrogen) atoms. The smallest absolute Gasteiger partial charge is 0.188 e. The standard InChI is InChI=1S/C13H11ClN2OS2/c14-12-8(4-5-18-12)7-19-13-15-6-9-10(16-13)2-1-3-11(9)17/h4-6H,1-3,7H2. The van der Waals surface area contributed by atoms with Crippen LogP contribution < -0.4 is 0 Å². The molecule has 6 heteroatoms. The van der Waals surface area contributed by atoms with Crippen molar-refractivity contribution in [3.8, 4) is 0 Å². The maximum atomic E-state index is 11.7. The van der Waals surface area contributed by atoms with Crippen molar-refractivity contribution in [2.75, 3.05) is 0 Å². The van der Waals surface area contributed by atoms with Crippen LogP contribution in [0.2, 0.25) is 4.34 Å². The van der Waals surface area contributed by atoms with E-state index < -0.39 is 0 Å². The van der Waals surface area contributed by atoms with Gasteiger partial charge in [0.25, 0.3) is 0 Å². The van der Waals surface area contributed by atoms with Crippen molar-refractivity contribution >= 4 is 40.5 Å². The highest BCUT2D eigenvalue weighted by Crippen LogP contribution is 2.29. The first-order chi connectivity index (χ1) is 9.24. The molecule has 0 spiro atoms. The van der Waals surface area contributed by atoms with Gasteiger partial charge in [-0.3, -0.25) is 4.79 Å². The van der Waals surface area contributed by atoms with Gasteiger partial charge in [0.15, 0.2) is 10.9 Å². The van der Waals surface area contributed by atoms with E-state index in [2.05, 4.69) is 9.97 Å². The molecule has 2 aromatic rings. The lowest BCUT2D eigenvalue weighted by Gasteiger charge is -2.13. The summed E-state index contributed by atoms with van der Waals surface area (Å²) in [6, 6.07) is 2.02. The van der Waals surface area contributed by atoms with Crippen LogP contribution in [0.25, 0.3) is 0 Å². The van der Waals surface area contributed by atoms with Gasteiger partial charge in [0.2, 0.25) is 0 Å². The summed E-state index contributed by atoms with van der Waals surface area (Å²) in [5.74, 6) is 0.924. The fourth-order valence-corrected chi connectivity index (χ4v) is 3.93. The summed E-state index contributed by atoms with van der Waals surface area (Å²) < 4.78 is 0.820. The molecule has 0 N–H and O–H groups in total. The molecule has 0 unspecified atom stereocenters. The number of halogens is 1. The van der Waals surface area contributed by atoms with Crippen LogP contribution in [0.5, 0.6) is 0 Å². The van der Waals surface area contributed by atoms with Crippen LogP contribution in [-0.2, 0) is 12.2 Å². The summed E-state index contributed by atoms with van der Waals surface area (Å²) in [7, 11) is 0. The van der Waals surface area contributed by atoms with Crippen molar-refractivity contribution in [2.24, 2.45) is 0 Å². The van der Waals surface area contributed by atoms with Crippen LogP contribution in [0.15, 0.2) is 22.8 Å². The number of aryl methyl sites for hydroxylation is 1. The summed E-state index contributed by atoms with van der Waals surface area (Å²) in [5.41, 5.74) is 2.70. The number of carbonyl (C=O) groups is 1. The number of fused-ring (bicyclic) bond motifs is 1. The topological polar surface area (TPSA) is 42.9 Å². The highest BCUT2D eigenvalue weighted by molar-refractivity contribution is 7.98. The molecule has 0 amide bonds. The largest absolute Gasteiger partial charge is 0.294 e. The van der Waals surface area contributed by atoms with E-state index in [1.165, 1.54) is 11.3 Å². The Kier molecular flexibility index (Phi) is 3.86. The molecule has 0 aromatic carbocycles. The minimum atomic E-state index is 0.165. The van der Waals surface area contributed by atoms with Gasteiger partial charge in [-0.15, -0.1) is 11.3 Å². The normalized spacial score (nSPS) is 14.5. The average molecular weight is 311 g/mol.